The first-order chi connectivity index (χ1) is 34.3. The van der Waals surface area contributed by atoms with Crippen LogP contribution in [0.2, 0.25) is 0 Å². The van der Waals surface area contributed by atoms with Crippen LogP contribution in [0.1, 0.15) is 362 Å². The van der Waals surface area contributed by atoms with Crippen LogP contribution < -0.4 is 0 Å². The highest BCUT2D eigenvalue weighted by Gasteiger charge is 2.19. The van der Waals surface area contributed by atoms with E-state index >= 15 is 0 Å². The Bertz CT molecular complexity index is 1070. The molecule has 0 amide bonds. The van der Waals surface area contributed by atoms with E-state index in [2.05, 4.69) is 34.6 Å². The van der Waals surface area contributed by atoms with Gasteiger partial charge in [-0.05, 0) is 31.1 Å². The van der Waals surface area contributed by atoms with Crippen LogP contribution in [0.15, 0.2) is 0 Å². The van der Waals surface area contributed by atoms with Crippen molar-refractivity contribution in [3.8, 4) is 0 Å². The fourth-order valence-corrected chi connectivity index (χ4v) is 9.90. The molecule has 1 unspecified atom stereocenters. The molecule has 0 saturated heterocycles. The average Bonchev–Trinajstić information content (AvgIpc) is 3.35. The maximum absolute atomic E-state index is 12.8. The molecular weight excluding hydrogens is 865 g/mol. The summed E-state index contributed by atoms with van der Waals surface area (Å²) < 4.78 is 16.9. The van der Waals surface area contributed by atoms with Crippen molar-refractivity contribution in [3.63, 3.8) is 0 Å². The molecule has 0 N–H and O–H groups in total. The Hall–Kier alpha value is -1.59. The van der Waals surface area contributed by atoms with Crippen molar-refractivity contribution in [1.29, 1.82) is 0 Å². The number of carbonyl (C=O) groups excluding carboxylic acids is 3. The molecule has 0 aromatic rings. The van der Waals surface area contributed by atoms with Crippen molar-refractivity contribution in [2.75, 3.05) is 13.2 Å². The molecule has 416 valence electrons. The second-order valence-corrected chi connectivity index (χ2v) is 22.8. The van der Waals surface area contributed by atoms with Gasteiger partial charge in [0.2, 0.25) is 0 Å². The summed E-state index contributed by atoms with van der Waals surface area (Å²) in [5, 5.41) is 0. The molecule has 0 spiro atoms. The van der Waals surface area contributed by atoms with E-state index in [1.165, 1.54) is 250 Å². The van der Waals surface area contributed by atoms with Crippen molar-refractivity contribution >= 4 is 17.9 Å². The maximum atomic E-state index is 12.8. The highest BCUT2D eigenvalue weighted by molar-refractivity contribution is 5.71. The largest absolute Gasteiger partial charge is 0.462 e. The Morgan fingerprint density at radius 1 is 0.300 bits per heavy atom. The topological polar surface area (TPSA) is 78.9 Å². The van der Waals surface area contributed by atoms with Gasteiger partial charge in [-0.1, -0.05) is 324 Å². The van der Waals surface area contributed by atoms with Crippen molar-refractivity contribution in [3.05, 3.63) is 0 Å². The highest BCUT2D eigenvalue weighted by atomic mass is 16.6. The fraction of sp³-hybridized carbons (Fsp3) is 0.953. The molecule has 6 nitrogen and oxygen atoms in total. The Balaban J connectivity index is 4.12. The molecule has 0 aliphatic heterocycles. The molecule has 0 radical (unpaired) electrons. The van der Waals surface area contributed by atoms with Gasteiger partial charge in [-0.15, -0.1) is 0 Å². The predicted molar refractivity (Wildman–Crippen MR) is 303 cm³/mol. The summed E-state index contributed by atoms with van der Waals surface area (Å²) in [5.74, 6) is 0.933. The summed E-state index contributed by atoms with van der Waals surface area (Å²) in [6.07, 6.45) is 62.5. The van der Waals surface area contributed by atoms with E-state index in [-0.39, 0.29) is 31.1 Å². The summed E-state index contributed by atoms with van der Waals surface area (Å²) >= 11 is 0. The number of carbonyl (C=O) groups is 3. The number of ether oxygens (including phenoxy) is 3. The van der Waals surface area contributed by atoms with E-state index in [0.717, 1.165) is 69.6 Å². The van der Waals surface area contributed by atoms with Gasteiger partial charge in [-0.2, -0.15) is 0 Å². The molecule has 0 aromatic heterocycles. The second kappa shape index (κ2) is 56.7. The van der Waals surface area contributed by atoms with E-state index in [4.69, 9.17) is 14.2 Å². The zero-order chi connectivity index (χ0) is 51.1. The molecule has 0 saturated carbocycles. The zero-order valence-electron chi connectivity index (χ0n) is 48.2. The molecule has 0 aromatic carbocycles. The number of rotatable bonds is 58. The molecule has 0 rings (SSSR count). The smallest absolute Gasteiger partial charge is 0.306 e. The Labute approximate surface area is 438 Å². The van der Waals surface area contributed by atoms with Crippen molar-refractivity contribution in [2.24, 2.45) is 11.8 Å². The lowest BCUT2D eigenvalue weighted by atomic mass is 9.99. The molecule has 70 heavy (non-hydrogen) atoms. The quantitative estimate of drug-likeness (QED) is 0.0343. The second-order valence-electron chi connectivity index (χ2n) is 22.8. The lowest BCUT2D eigenvalue weighted by Crippen LogP contribution is -2.30. The number of hydrogen-bond acceptors (Lipinski definition) is 6. The molecule has 0 fully saturated rings. The van der Waals surface area contributed by atoms with Crippen LogP contribution in [0, 0.1) is 11.8 Å². The van der Waals surface area contributed by atoms with Crippen LogP contribution in [-0.2, 0) is 28.6 Å². The maximum Gasteiger partial charge on any atom is 0.306 e. The summed E-state index contributed by atoms with van der Waals surface area (Å²) in [5.41, 5.74) is 0. The normalized spacial score (nSPS) is 12.4. The highest BCUT2D eigenvalue weighted by Crippen LogP contribution is 2.19. The van der Waals surface area contributed by atoms with Crippen molar-refractivity contribution in [2.45, 2.75) is 368 Å². The van der Waals surface area contributed by atoms with Gasteiger partial charge in [-0.3, -0.25) is 14.4 Å². The monoisotopic (exact) mass is 989 g/mol. The molecule has 0 bridgehead atoms. The van der Waals surface area contributed by atoms with Gasteiger partial charge in [0.1, 0.15) is 13.2 Å². The first-order valence-corrected chi connectivity index (χ1v) is 31.8. The van der Waals surface area contributed by atoms with Crippen LogP contribution in [0.25, 0.3) is 0 Å². The molecule has 0 heterocycles. The lowest BCUT2D eigenvalue weighted by Gasteiger charge is -2.18. The van der Waals surface area contributed by atoms with Crippen LogP contribution >= 0.6 is 0 Å². The van der Waals surface area contributed by atoms with Crippen LogP contribution in [0.3, 0.4) is 0 Å². The standard InChI is InChI=1S/C64H124O6/c1-6-8-9-10-11-32-41-46-51-56-64(67)70-61(57-68-62(65)54-49-44-39-35-30-26-22-18-14-12-16-20-24-28-33-37-42-47-52-59(3)4)58-69-63(66)55-50-45-40-36-31-27-23-19-15-13-17-21-25-29-34-38-43-48-53-60(5)7-2/h59-61H,6-58H2,1-5H3/t60?,61-/m0/s1. The number of hydrogen-bond donors (Lipinski definition) is 0. The van der Waals surface area contributed by atoms with Gasteiger partial charge in [0.05, 0.1) is 0 Å². The fourth-order valence-electron chi connectivity index (χ4n) is 9.90. The van der Waals surface area contributed by atoms with Crippen LogP contribution in [0.4, 0.5) is 0 Å². The Morgan fingerprint density at radius 2 is 0.543 bits per heavy atom. The van der Waals surface area contributed by atoms with Gasteiger partial charge >= 0.3 is 17.9 Å². The van der Waals surface area contributed by atoms with Gasteiger partial charge in [-0.25, -0.2) is 0 Å². The minimum Gasteiger partial charge on any atom is -0.462 e. The van der Waals surface area contributed by atoms with E-state index in [9.17, 15) is 14.4 Å². The minimum absolute atomic E-state index is 0.0623. The van der Waals surface area contributed by atoms with Crippen molar-refractivity contribution in [1.82, 2.24) is 0 Å². The van der Waals surface area contributed by atoms with Gasteiger partial charge in [0, 0.05) is 19.3 Å². The van der Waals surface area contributed by atoms with E-state index in [1.807, 2.05) is 0 Å². The number of esters is 3. The predicted octanol–water partition coefficient (Wildman–Crippen LogP) is 21.2. The van der Waals surface area contributed by atoms with Crippen LogP contribution in [-0.4, -0.2) is 37.2 Å². The molecule has 0 aliphatic carbocycles. The first-order valence-electron chi connectivity index (χ1n) is 31.8. The SMILES string of the molecule is CCCCCCCCCCCC(=O)O[C@@H](COC(=O)CCCCCCCCCCCCCCCCCCCCC(C)C)COC(=O)CCCCCCCCCCCCCCCCCCCCC(C)CC. The third-order valence-corrected chi connectivity index (χ3v) is 15.1. The summed E-state index contributed by atoms with van der Waals surface area (Å²) in [7, 11) is 0. The lowest BCUT2D eigenvalue weighted by molar-refractivity contribution is -0.167. The summed E-state index contributed by atoms with van der Waals surface area (Å²) in [4.78, 5) is 38.1. The molecular formula is C64H124O6. The van der Waals surface area contributed by atoms with E-state index in [0.29, 0.717) is 19.3 Å². The van der Waals surface area contributed by atoms with Crippen LogP contribution in [0.5, 0.6) is 0 Å². The third kappa shape index (κ3) is 55.7. The Kier molecular flexibility index (Phi) is 55.4. The first kappa shape index (κ1) is 68.4. The van der Waals surface area contributed by atoms with Crippen molar-refractivity contribution < 1.29 is 28.6 Å². The third-order valence-electron chi connectivity index (χ3n) is 15.1. The number of unbranched alkanes of at least 4 members (excludes halogenated alkanes) is 42. The van der Waals surface area contributed by atoms with E-state index in [1.54, 1.807) is 0 Å². The summed E-state index contributed by atoms with van der Waals surface area (Å²) in [6, 6.07) is 0. The van der Waals surface area contributed by atoms with Gasteiger partial charge in [0.25, 0.3) is 0 Å². The molecule has 6 heteroatoms. The van der Waals surface area contributed by atoms with Gasteiger partial charge < -0.3 is 14.2 Å². The average molecular weight is 990 g/mol. The molecule has 2 atom stereocenters. The molecule has 0 aliphatic rings. The minimum atomic E-state index is -0.762. The van der Waals surface area contributed by atoms with E-state index < -0.39 is 6.10 Å². The Morgan fingerprint density at radius 3 is 0.814 bits per heavy atom. The zero-order valence-corrected chi connectivity index (χ0v) is 48.2. The summed E-state index contributed by atoms with van der Waals surface area (Å²) in [6.45, 7) is 11.5. The van der Waals surface area contributed by atoms with Gasteiger partial charge in [0.15, 0.2) is 6.10 Å².